The number of hydrogen-bond donors (Lipinski definition) is 0. The van der Waals surface area contributed by atoms with Crippen LogP contribution in [-0.2, 0) is 11.2 Å². The van der Waals surface area contributed by atoms with Crippen molar-refractivity contribution < 1.29 is 4.79 Å². The van der Waals surface area contributed by atoms with E-state index in [2.05, 4.69) is 37.8 Å². The Morgan fingerprint density at radius 2 is 2.17 bits per heavy atom. The summed E-state index contributed by atoms with van der Waals surface area (Å²) in [4.78, 5) is 12.5. The van der Waals surface area contributed by atoms with E-state index < -0.39 is 0 Å². The molecule has 1 aromatic rings. The van der Waals surface area contributed by atoms with Crippen molar-refractivity contribution in [3.63, 3.8) is 0 Å². The number of nitrogens with zero attached hydrogens (tertiary/aromatic N) is 1. The van der Waals surface area contributed by atoms with Gasteiger partial charge < -0.3 is 0 Å². The Kier molecular flexibility index (Phi) is 3.23. The molecule has 5 atom stereocenters. The highest BCUT2D eigenvalue weighted by Crippen LogP contribution is 2.61. The van der Waals surface area contributed by atoms with Crippen molar-refractivity contribution in [2.24, 2.45) is 23.2 Å². The maximum absolute atomic E-state index is 12.5. The topological polar surface area (TPSA) is 40.9 Å². The van der Waals surface area contributed by atoms with E-state index in [9.17, 15) is 4.79 Å². The molecule has 0 aliphatic heterocycles. The summed E-state index contributed by atoms with van der Waals surface area (Å²) in [5.74, 6) is 2.44. The van der Waals surface area contributed by atoms with Crippen molar-refractivity contribution in [1.82, 2.24) is 0 Å². The van der Waals surface area contributed by atoms with Crippen LogP contribution in [0.2, 0.25) is 0 Å². The van der Waals surface area contributed by atoms with E-state index in [4.69, 9.17) is 5.26 Å². The molecular weight excluding hydrogens is 282 g/mol. The van der Waals surface area contributed by atoms with Crippen molar-refractivity contribution in [3.05, 3.63) is 47.5 Å². The monoisotopic (exact) mass is 305 g/mol. The van der Waals surface area contributed by atoms with Gasteiger partial charge in [-0.2, -0.15) is 5.26 Å². The summed E-state index contributed by atoms with van der Waals surface area (Å²) < 4.78 is 0. The Morgan fingerprint density at radius 3 is 2.91 bits per heavy atom. The molecule has 0 heterocycles. The summed E-state index contributed by atoms with van der Waals surface area (Å²) in [6, 6.07) is 8.45. The van der Waals surface area contributed by atoms with Gasteiger partial charge in [-0.05, 0) is 72.6 Å². The molecule has 2 nitrogen and oxygen atoms in total. The summed E-state index contributed by atoms with van der Waals surface area (Å²) in [7, 11) is 0. The summed E-state index contributed by atoms with van der Waals surface area (Å²) in [5.41, 5.74) is 3.37. The highest BCUT2D eigenvalue weighted by Gasteiger charge is 2.57. The van der Waals surface area contributed by atoms with Crippen molar-refractivity contribution >= 4 is 5.78 Å². The zero-order chi connectivity index (χ0) is 16.2. The van der Waals surface area contributed by atoms with E-state index in [0.717, 1.165) is 37.7 Å². The van der Waals surface area contributed by atoms with E-state index in [1.54, 1.807) is 0 Å². The fraction of sp³-hybridized carbons (Fsp3) is 0.524. The molecule has 0 radical (unpaired) electrons. The molecular formula is C21H23NO. The first kappa shape index (κ1) is 14.7. The number of aryl methyl sites for hydroxylation is 1. The third kappa shape index (κ3) is 1.96. The third-order valence-corrected chi connectivity index (χ3v) is 6.92. The quantitative estimate of drug-likeness (QED) is 0.722. The van der Waals surface area contributed by atoms with Gasteiger partial charge in [0.2, 0.25) is 0 Å². The molecule has 23 heavy (non-hydrogen) atoms. The second-order valence-corrected chi connectivity index (χ2v) is 7.84. The standard InChI is InChI=1S/C21H23NO/c1-3-14-11-21(2)18(8-9-19(21)23)17-7-5-15-10-13(12-22)4-6-16(15)20(14)17/h3-4,6,10,14,17-18,20H,1,5,7-9,11H2,2H3/t14-,17?,18?,20?,21-/m0/s1. The van der Waals surface area contributed by atoms with Crippen LogP contribution in [0.1, 0.15) is 55.2 Å². The molecule has 0 aromatic heterocycles. The normalized spacial score (nSPS) is 38.2. The van der Waals surface area contributed by atoms with Gasteiger partial charge in [-0.15, -0.1) is 6.58 Å². The lowest BCUT2D eigenvalue weighted by atomic mass is 9.52. The van der Waals surface area contributed by atoms with Crippen molar-refractivity contribution in [1.29, 1.82) is 5.26 Å². The van der Waals surface area contributed by atoms with Crippen LogP contribution >= 0.6 is 0 Å². The van der Waals surface area contributed by atoms with Gasteiger partial charge in [-0.25, -0.2) is 0 Å². The number of rotatable bonds is 1. The van der Waals surface area contributed by atoms with E-state index in [1.807, 2.05) is 6.07 Å². The van der Waals surface area contributed by atoms with Crippen LogP contribution in [0, 0.1) is 34.5 Å². The summed E-state index contributed by atoms with van der Waals surface area (Å²) in [6.45, 7) is 6.29. The summed E-state index contributed by atoms with van der Waals surface area (Å²) >= 11 is 0. The van der Waals surface area contributed by atoms with Crippen LogP contribution in [0.4, 0.5) is 0 Å². The lowest BCUT2D eigenvalue weighted by molar-refractivity contribution is -0.130. The molecule has 2 saturated carbocycles. The minimum Gasteiger partial charge on any atom is -0.299 e. The fourth-order valence-corrected chi connectivity index (χ4v) is 5.84. The van der Waals surface area contributed by atoms with Gasteiger partial charge in [0.1, 0.15) is 5.78 Å². The molecule has 0 spiro atoms. The number of carbonyl (C=O) groups is 1. The van der Waals surface area contributed by atoms with Crippen LogP contribution in [0.3, 0.4) is 0 Å². The molecule has 2 fully saturated rings. The average molecular weight is 305 g/mol. The Morgan fingerprint density at radius 1 is 1.35 bits per heavy atom. The first-order valence-corrected chi connectivity index (χ1v) is 8.77. The minimum atomic E-state index is -0.135. The first-order valence-electron chi connectivity index (χ1n) is 8.77. The van der Waals surface area contributed by atoms with Gasteiger partial charge >= 0.3 is 0 Å². The molecule has 4 rings (SSSR count). The Bertz CT molecular complexity index is 728. The summed E-state index contributed by atoms with van der Waals surface area (Å²) in [6.07, 6.45) is 7.03. The molecule has 3 aliphatic carbocycles. The average Bonchev–Trinajstić information content (AvgIpc) is 2.88. The number of fused-ring (bicyclic) bond motifs is 5. The first-order chi connectivity index (χ1) is 11.1. The van der Waals surface area contributed by atoms with Crippen molar-refractivity contribution in [2.75, 3.05) is 0 Å². The van der Waals surface area contributed by atoms with Crippen molar-refractivity contribution in [3.8, 4) is 6.07 Å². The molecule has 0 bridgehead atoms. The van der Waals surface area contributed by atoms with E-state index in [0.29, 0.717) is 29.5 Å². The number of benzene rings is 1. The number of allylic oxidation sites excluding steroid dienone is 1. The van der Waals surface area contributed by atoms with Gasteiger partial charge in [-0.1, -0.05) is 19.1 Å². The fourth-order valence-electron chi connectivity index (χ4n) is 5.84. The maximum Gasteiger partial charge on any atom is 0.139 e. The highest BCUT2D eigenvalue weighted by molar-refractivity contribution is 5.87. The Balaban J connectivity index is 1.80. The van der Waals surface area contributed by atoms with Crippen LogP contribution in [0.15, 0.2) is 30.9 Å². The molecule has 0 N–H and O–H groups in total. The number of Topliss-reactive ketones (excluding diaryl/α,β-unsaturated/α-hetero) is 1. The molecule has 1 aromatic carbocycles. The van der Waals surface area contributed by atoms with Crippen molar-refractivity contribution in [2.45, 2.75) is 44.9 Å². The smallest absolute Gasteiger partial charge is 0.139 e. The molecule has 2 heteroatoms. The van der Waals surface area contributed by atoms with E-state index in [1.165, 1.54) is 11.1 Å². The largest absolute Gasteiger partial charge is 0.299 e. The van der Waals surface area contributed by atoms with Crippen LogP contribution in [-0.4, -0.2) is 5.78 Å². The van der Waals surface area contributed by atoms with E-state index in [-0.39, 0.29) is 5.41 Å². The van der Waals surface area contributed by atoms with Gasteiger partial charge in [0, 0.05) is 11.8 Å². The lowest BCUT2D eigenvalue weighted by Crippen LogP contribution is -2.46. The predicted molar refractivity (Wildman–Crippen MR) is 89.9 cm³/mol. The SMILES string of the molecule is C=C[C@H]1C[C@]2(C)C(=O)CCC2C2CCc3cc(C#N)ccc3C21. The number of carbonyl (C=O) groups excluding carboxylic acids is 1. The van der Waals surface area contributed by atoms with Gasteiger partial charge in [0.15, 0.2) is 0 Å². The number of nitriles is 1. The Labute approximate surface area is 138 Å². The van der Waals surface area contributed by atoms with Crippen LogP contribution < -0.4 is 0 Å². The number of hydrogen-bond acceptors (Lipinski definition) is 2. The third-order valence-electron chi connectivity index (χ3n) is 6.92. The maximum atomic E-state index is 12.5. The predicted octanol–water partition coefficient (Wildman–Crippen LogP) is 4.40. The zero-order valence-corrected chi connectivity index (χ0v) is 13.7. The molecule has 3 aliphatic rings. The molecule has 0 amide bonds. The molecule has 0 saturated heterocycles. The minimum absolute atomic E-state index is 0.135. The molecule has 118 valence electrons. The second-order valence-electron chi connectivity index (χ2n) is 7.84. The van der Waals surface area contributed by atoms with E-state index >= 15 is 0 Å². The zero-order valence-electron chi connectivity index (χ0n) is 13.7. The second kappa shape index (κ2) is 5.06. The van der Waals surface area contributed by atoms with Gasteiger partial charge in [-0.3, -0.25) is 4.79 Å². The molecule has 3 unspecified atom stereocenters. The summed E-state index contributed by atoms with van der Waals surface area (Å²) in [5, 5.41) is 9.15. The van der Waals surface area contributed by atoms with Gasteiger partial charge in [0.05, 0.1) is 11.6 Å². The van der Waals surface area contributed by atoms with Crippen LogP contribution in [0.5, 0.6) is 0 Å². The lowest BCUT2D eigenvalue weighted by Gasteiger charge is -2.51. The Hall–Kier alpha value is -1.88. The number of ketones is 1. The van der Waals surface area contributed by atoms with Gasteiger partial charge in [0.25, 0.3) is 0 Å². The highest BCUT2D eigenvalue weighted by atomic mass is 16.1. The van der Waals surface area contributed by atoms with Crippen LogP contribution in [0.25, 0.3) is 0 Å².